The molecule has 156 valence electrons. The van der Waals surface area contributed by atoms with E-state index in [9.17, 15) is 8.42 Å². The van der Waals surface area contributed by atoms with E-state index in [2.05, 4.69) is 11.8 Å². The van der Waals surface area contributed by atoms with Gasteiger partial charge in [-0.15, -0.1) is 0 Å². The number of piperidine rings is 2. The van der Waals surface area contributed by atoms with Crippen molar-refractivity contribution in [2.75, 3.05) is 39.3 Å². The lowest BCUT2D eigenvalue weighted by Crippen LogP contribution is -2.44. The number of likely N-dealkylation sites (tertiary alicyclic amines) is 1. The quantitative estimate of drug-likeness (QED) is 0.770. The Hall–Kier alpha value is -0.950. The van der Waals surface area contributed by atoms with Gasteiger partial charge in [-0.05, 0) is 68.5 Å². The minimum atomic E-state index is -3.40. The van der Waals surface area contributed by atoms with Gasteiger partial charge in [0, 0.05) is 26.2 Å². The van der Waals surface area contributed by atoms with Crippen LogP contribution < -0.4 is 0 Å². The number of sulfonamides is 1. The summed E-state index contributed by atoms with van der Waals surface area (Å²) in [6.45, 7) is 9.63. The van der Waals surface area contributed by atoms with Crippen LogP contribution in [0.3, 0.4) is 0 Å². The molecule has 0 radical (unpaired) electrons. The highest BCUT2D eigenvalue weighted by atomic mass is 32.2. The Balaban J connectivity index is 1.34. The smallest absolute Gasteiger partial charge is 0.243 e. The molecule has 6 heteroatoms. The minimum absolute atomic E-state index is 0.170. The highest BCUT2D eigenvalue weighted by Gasteiger charge is 2.44. The molecule has 3 fully saturated rings. The zero-order valence-corrected chi connectivity index (χ0v) is 18.1. The number of benzene rings is 1. The summed E-state index contributed by atoms with van der Waals surface area (Å²) in [7, 11) is -3.40. The molecule has 3 heterocycles. The van der Waals surface area contributed by atoms with Crippen molar-refractivity contribution in [3.05, 3.63) is 29.8 Å². The third kappa shape index (κ3) is 4.16. The number of hydrogen-bond donors (Lipinski definition) is 0. The van der Waals surface area contributed by atoms with Crippen molar-refractivity contribution in [3.63, 3.8) is 0 Å². The zero-order chi connectivity index (χ0) is 19.8. The lowest BCUT2D eigenvalue weighted by Gasteiger charge is -2.38. The van der Waals surface area contributed by atoms with Crippen LogP contribution in [0.5, 0.6) is 0 Å². The summed E-state index contributed by atoms with van der Waals surface area (Å²) in [5, 5.41) is 0. The van der Waals surface area contributed by atoms with Gasteiger partial charge < -0.3 is 9.64 Å². The molecule has 2 atom stereocenters. The number of ether oxygens (including phenoxy) is 1. The SMILES string of the molecule is Cc1ccccc1S(=O)(=O)N1CCC2(CC1)CO[C@H](CN1CCC[C@H](C)C1)C2. The van der Waals surface area contributed by atoms with Crippen molar-refractivity contribution in [1.82, 2.24) is 9.21 Å². The van der Waals surface area contributed by atoms with Crippen LogP contribution in [0, 0.1) is 18.3 Å². The molecule has 0 unspecified atom stereocenters. The van der Waals surface area contributed by atoms with Gasteiger partial charge >= 0.3 is 0 Å². The zero-order valence-electron chi connectivity index (χ0n) is 17.3. The average molecular weight is 407 g/mol. The van der Waals surface area contributed by atoms with Gasteiger partial charge in [0.2, 0.25) is 10.0 Å². The van der Waals surface area contributed by atoms with Crippen LogP contribution in [-0.4, -0.2) is 63.1 Å². The first kappa shape index (κ1) is 20.3. The van der Waals surface area contributed by atoms with E-state index in [-0.39, 0.29) is 5.41 Å². The minimum Gasteiger partial charge on any atom is -0.376 e. The summed E-state index contributed by atoms with van der Waals surface area (Å²) in [6.07, 6.45) is 5.85. The Morgan fingerprint density at radius 3 is 2.64 bits per heavy atom. The monoisotopic (exact) mass is 406 g/mol. The highest BCUT2D eigenvalue weighted by Crippen LogP contribution is 2.43. The molecule has 28 heavy (non-hydrogen) atoms. The molecular weight excluding hydrogens is 372 g/mol. The molecule has 0 N–H and O–H groups in total. The van der Waals surface area contributed by atoms with Crippen LogP contribution in [0.1, 0.15) is 44.6 Å². The molecule has 0 aliphatic carbocycles. The Morgan fingerprint density at radius 1 is 1.18 bits per heavy atom. The van der Waals surface area contributed by atoms with Crippen LogP contribution in [-0.2, 0) is 14.8 Å². The molecule has 1 aromatic rings. The van der Waals surface area contributed by atoms with Crippen molar-refractivity contribution < 1.29 is 13.2 Å². The molecule has 0 amide bonds. The summed E-state index contributed by atoms with van der Waals surface area (Å²) in [5.74, 6) is 0.791. The standard InChI is InChI=1S/C22H34N2O3S/c1-18-6-5-11-23(15-18)16-20-14-22(17-27-20)9-12-24(13-10-22)28(25,26)21-8-4-3-7-19(21)2/h3-4,7-8,18,20H,5-6,9-17H2,1-2H3/t18-,20-/m0/s1. The van der Waals surface area contributed by atoms with E-state index in [1.54, 1.807) is 10.4 Å². The Labute approximate surface area is 170 Å². The maximum absolute atomic E-state index is 13.1. The number of aryl methyl sites for hydroxylation is 1. The predicted octanol–water partition coefficient (Wildman–Crippen LogP) is 3.29. The largest absolute Gasteiger partial charge is 0.376 e. The van der Waals surface area contributed by atoms with Crippen LogP contribution in [0.15, 0.2) is 29.2 Å². The molecule has 3 saturated heterocycles. The van der Waals surface area contributed by atoms with Crippen molar-refractivity contribution in [2.45, 2.75) is 57.0 Å². The maximum Gasteiger partial charge on any atom is 0.243 e. The number of rotatable bonds is 4. The molecule has 1 aromatic carbocycles. The van der Waals surface area contributed by atoms with E-state index in [0.717, 1.165) is 43.9 Å². The van der Waals surface area contributed by atoms with Gasteiger partial charge in [0.05, 0.1) is 17.6 Å². The molecule has 5 nitrogen and oxygen atoms in total. The number of nitrogens with zero attached hydrogens (tertiary/aromatic N) is 2. The van der Waals surface area contributed by atoms with Gasteiger partial charge in [-0.1, -0.05) is 25.1 Å². The Morgan fingerprint density at radius 2 is 1.93 bits per heavy atom. The van der Waals surface area contributed by atoms with Crippen molar-refractivity contribution in [3.8, 4) is 0 Å². The van der Waals surface area contributed by atoms with E-state index in [1.165, 1.54) is 25.9 Å². The normalized spacial score (nSPS) is 29.4. The van der Waals surface area contributed by atoms with Gasteiger partial charge in [0.25, 0.3) is 0 Å². The average Bonchev–Trinajstić information content (AvgIpc) is 3.04. The lowest BCUT2D eigenvalue weighted by molar-refractivity contribution is 0.0482. The van der Waals surface area contributed by atoms with Crippen molar-refractivity contribution >= 4 is 10.0 Å². The fraction of sp³-hybridized carbons (Fsp3) is 0.727. The number of hydrogen-bond acceptors (Lipinski definition) is 4. The first-order valence-electron chi connectivity index (χ1n) is 10.8. The Bertz CT molecular complexity index is 787. The molecule has 0 saturated carbocycles. The molecule has 4 rings (SSSR count). The van der Waals surface area contributed by atoms with E-state index in [1.807, 2.05) is 25.1 Å². The molecule has 0 bridgehead atoms. The maximum atomic E-state index is 13.1. The van der Waals surface area contributed by atoms with E-state index in [4.69, 9.17) is 4.74 Å². The van der Waals surface area contributed by atoms with Crippen LogP contribution in [0.4, 0.5) is 0 Å². The fourth-order valence-corrected chi connectivity index (χ4v) is 6.95. The van der Waals surface area contributed by atoms with Crippen LogP contribution in [0.25, 0.3) is 0 Å². The van der Waals surface area contributed by atoms with Crippen LogP contribution >= 0.6 is 0 Å². The van der Waals surface area contributed by atoms with Gasteiger partial charge in [-0.3, -0.25) is 0 Å². The third-order valence-electron chi connectivity index (χ3n) is 6.98. The van der Waals surface area contributed by atoms with Crippen LogP contribution in [0.2, 0.25) is 0 Å². The van der Waals surface area contributed by atoms with Gasteiger partial charge in [-0.2, -0.15) is 4.31 Å². The third-order valence-corrected chi connectivity index (χ3v) is 9.04. The van der Waals surface area contributed by atoms with Gasteiger partial charge in [0.15, 0.2) is 0 Å². The second-order valence-corrected chi connectivity index (χ2v) is 11.2. The molecule has 3 aliphatic rings. The lowest BCUT2D eigenvalue weighted by atomic mass is 9.77. The second-order valence-electron chi connectivity index (χ2n) is 9.31. The summed E-state index contributed by atoms with van der Waals surface area (Å²) in [4.78, 5) is 3.01. The van der Waals surface area contributed by atoms with E-state index < -0.39 is 10.0 Å². The van der Waals surface area contributed by atoms with Gasteiger partial charge in [0.1, 0.15) is 0 Å². The van der Waals surface area contributed by atoms with Crippen molar-refractivity contribution in [1.29, 1.82) is 0 Å². The topological polar surface area (TPSA) is 49.9 Å². The van der Waals surface area contributed by atoms with Crippen molar-refractivity contribution in [2.24, 2.45) is 11.3 Å². The summed E-state index contributed by atoms with van der Waals surface area (Å²) < 4.78 is 34.0. The molecular formula is C22H34N2O3S. The fourth-order valence-electron chi connectivity index (χ4n) is 5.29. The molecule has 1 spiro atoms. The van der Waals surface area contributed by atoms with E-state index >= 15 is 0 Å². The molecule has 3 aliphatic heterocycles. The Kier molecular flexibility index (Phi) is 5.85. The first-order valence-corrected chi connectivity index (χ1v) is 12.2. The highest BCUT2D eigenvalue weighted by molar-refractivity contribution is 7.89. The summed E-state index contributed by atoms with van der Waals surface area (Å²) >= 11 is 0. The molecule has 0 aromatic heterocycles. The van der Waals surface area contributed by atoms with Gasteiger partial charge in [-0.25, -0.2) is 8.42 Å². The summed E-state index contributed by atoms with van der Waals surface area (Å²) in [6, 6.07) is 7.29. The van der Waals surface area contributed by atoms with E-state index in [0.29, 0.717) is 24.1 Å². The second kappa shape index (κ2) is 8.05. The predicted molar refractivity (Wildman–Crippen MR) is 111 cm³/mol. The first-order chi connectivity index (χ1) is 13.4. The summed E-state index contributed by atoms with van der Waals surface area (Å²) in [5.41, 5.74) is 0.993.